The second-order valence-electron chi connectivity index (χ2n) is 3.60. The van der Waals surface area contributed by atoms with Gasteiger partial charge in [0.25, 0.3) is 0 Å². The van der Waals surface area contributed by atoms with Crippen LogP contribution in [0.5, 0.6) is 17.2 Å². The van der Waals surface area contributed by atoms with Gasteiger partial charge >= 0.3 is 0 Å². The van der Waals surface area contributed by atoms with E-state index in [0.717, 1.165) is 5.56 Å². The minimum Gasteiger partial charge on any atom is -0.493 e. The zero-order valence-electron chi connectivity index (χ0n) is 10.6. The standard InChI is InChI=1S/C12H18N2O4/c1-16-9-5-8(7-13)6-10(17-2)12(9)18-4-3-11(14)15/h5-6H,3-4,7,13H2,1-2H3,(H2,14,15). The van der Waals surface area contributed by atoms with Crippen molar-refractivity contribution < 1.29 is 19.0 Å². The van der Waals surface area contributed by atoms with Gasteiger partial charge in [-0.2, -0.15) is 0 Å². The van der Waals surface area contributed by atoms with Crippen molar-refractivity contribution in [2.24, 2.45) is 11.5 Å². The van der Waals surface area contributed by atoms with Crippen molar-refractivity contribution in [1.29, 1.82) is 0 Å². The Morgan fingerprint density at radius 1 is 1.22 bits per heavy atom. The number of amides is 1. The molecular formula is C12H18N2O4. The number of nitrogens with two attached hydrogens (primary N) is 2. The number of hydrogen-bond donors (Lipinski definition) is 2. The zero-order valence-corrected chi connectivity index (χ0v) is 10.6. The maximum absolute atomic E-state index is 10.7. The third kappa shape index (κ3) is 3.53. The highest BCUT2D eigenvalue weighted by Gasteiger charge is 2.14. The van der Waals surface area contributed by atoms with E-state index in [1.54, 1.807) is 12.1 Å². The van der Waals surface area contributed by atoms with Gasteiger partial charge in [0.1, 0.15) is 0 Å². The Morgan fingerprint density at radius 3 is 2.17 bits per heavy atom. The Balaban J connectivity index is 2.95. The first-order chi connectivity index (χ1) is 8.62. The summed E-state index contributed by atoms with van der Waals surface area (Å²) >= 11 is 0. The number of carbonyl (C=O) groups excluding carboxylic acids is 1. The quantitative estimate of drug-likeness (QED) is 0.735. The lowest BCUT2D eigenvalue weighted by Crippen LogP contribution is -2.15. The maximum Gasteiger partial charge on any atom is 0.220 e. The fourth-order valence-corrected chi connectivity index (χ4v) is 1.45. The summed E-state index contributed by atoms with van der Waals surface area (Å²) in [5, 5.41) is 0. The highest BCUT2D eigenvalue weighted by molar-refractivity contribution is 5.73. The van der Waals surface area contributed by atoms with E-state index in [9.17, 15) is 4.79 Å². The van der Waals surface area contributed by atoms with Gasteiger partial charge in [0.2, 0.25) is 11.7 Å². The van der Waals surface area contributed by atoms with Crippen LogP contribution in [0.15, 0.2) is 12.1 Å². The molecule has 1 aromatic carbocycles. The van der Waals surface area contributed by atoms with Crippen LogP contribution in [0.25, 0.3) is 0 Å². The van der Waals surface area contributed by atoms with Crippen LogP contribution in [-0.4, -0.2) is 26.7 Å². The van der Waals surface area contributed by atoms with Crippen molar-refractivity contribution in [2.45, 2.75) is 13.0 Å². The van der Waals surface area contributed by atoms with Gasteiger partial charge in [0.15, 0.2) is 11.5 Å². The third-order valence-corrected chi connectivity index (χ3v) is 2.35. The molecule has 4 N–H and O–H groups in total. The Morgan fingerprint density at radius 2 is 1.78 bits per heavy atom. The van der Waals surface area contributed by atoms with Gasteiger partial charge in [-0.15, -0.1) is 0 Å². The Labute approximate surface area is 106 Å². The van der Waals surface area contributed by atoms with Gasteiger partial charge in [-0.1, -0.05) is 0 Å². The van der Waals surface area contributed by atoms with Gasteiger partial charge < -0.3 is 25.7 Å². The van der Waals surface area contributed by atoms with Gasteiger partial charge in [-0.3, -0.25) is 4.79 Å². The molecule has 0 saturated heterocycles. The minimum atomic E-state index is -0.425. The molecule has 0 aliphatic carbocycles. The molecule has 0 spiro atoms. The topological polar surface area (TPSA) is 96.8 Å². The zero-order chi connectivity index (χ0) is 13.5. The van der Waals surface area contributed by atoms with Crippen LogP contribution in [0, 0.1) is 0 Å². The van der Waals surface area contributed by atoms with Gasteiger partial charge in [0.05, 0.1) is 27.2 Å². The van der Waals surface area contributed by atoms with Crippen molar-refractivity contribution in [3.05, 3.63) is 17.7 Å². The molecule has 1 aromatic rings. The van der Waals surface area contributed by atoms with Crippen LogP contribution < -0.4 is 25.7 Å². The smallest absolute Gasteiger partial charge is 0.220 e. The predicted molar refractivity (Wildman–Crippen MR) is 66.7 cm³/mol. The molecule has 100 valence electrons. The average Bonchev–Trinajstić information content (AvgIpc) is 2.37. The summed E-state index contributed by atoms with van der Waals surface area (Å²) in [7, 11) is 3.05. The molecule has 0 aliphatic heterocycles. The summed E-state index contributed by atoms with van der Waals surface area (Å²) in [5.74, 6) is 1.04. The van der Waals surface area contributed by atoms with Crippen LogP contribution in [0.4, 0.5) is 0 Å². The van der Waals surface area contributed by atoms with Crippen molar-refractivity contribution in [2.75, 3.05) is 20.8 Å². The first-order valence-electron chi connectivity index (χ1n) is 5.48. The summed E-state index contributed by atoms with van der Waals surface area (Å²) < 4.78 is 15.9. The lowest BCUT2D eigenvalue weighted by Gasteiger charge is -2.15. The number of rotatable bonds is 7. The third-order valence-electron chi connectivity index (χ3n) is 2.35. The second-order valence-corrected chi connectivity index (χ2v) is 3.60. The van der Waals surface area contributed by atoms with Gasteiger partial charge in [-0.05, 0) is 17.7 Å². The van der Waals surface area contributed by atoms with E-state index < -0.39 is 5.91 Å². The highest BCUT2D eigenvalue weighted by Crippen LogP contribution is 2.38. The molecule has 0 fully saturated rings. The first kappa shape index (κ1) is 14.1. The number of methoxy groups -OCH3 is 2. The van der Waals surface area contributed by atoms with Gasteiger partial charge in [-0.25, -0.2) is 0 Å². The molecule has 0 atom stereocenters. The number of hydrogen-bond acceptors (Lipinski definition) is 5. The molecular weight excluding hydrogens is 236 g/mol. The van der Waals surface area contributed by atoms with E-state index in [-0.39, 0.29) is 13.0 Å². The Kier molecular flexibility index (Phi) is 5.26. The normalized spacial score (nSPS) is 9.94. The van der Waals surface area contributed by atoms with Crippen molar-refractivity contribution in [1.82, 2.24) is 0 Å². The summed E-state index contributed by atoms with van der Waals surface area (Å²) in [5.41, 5.74) is 11.5. The van der Waals surface area contributed by atoms with E-state index in [2.05, 4.69) is 0 Å². The fraction of sp³-hybridized carbons (Fsp3) is 0.417. The number of benzene rings is 1. The monoisotopic (exact) mass is 254 g/mol. The lowest BCUT2D eigenvalue weighted by atomic mass is 10.2. The minimum absolute atomic E-state index is 0.130. The number of carbonyl (C=O) groups is 1. The molecule has 1 rings (SSSR count). The Hall–Kier alpha value is -1.95. The maximum atomic E-state index is 10.7. The predicted octanol–water partition coefficient (Wildman–Crippen LogP) is 0.417. The molecule has 0 radical (unpaired) electrons. The fourth-order valence-electron chi connectivity index (χ4n) is 1.45. The first-order valence-corrected chi connectivity index (χ1v) is 5.48. The Bertz CT molecular complexity index is 396. The van der Waals surface area contributed by atoms with Gasteiger partial charge in [0, 0.05) is 6.54 Å². The van der Waals surface area contributed by atoms with Crippen molar-refractivity contribution in [3.63, 3.8) is 0 Å². The largest absolute Gasteiger partial charge is 0.493 e. The van der Waals surface area contributed by atoms with E-state index in [0.29, 0.717) is 23.8 Å². The molecule has 0 heterocycles. The van der Waals surface area contributed by atoms with Crippen LogP contribution in [0.1, 0.15) is 12.0 Å². The SMILES string of the molecule is COc1cc(CN)cc(OC)c1OCCC(N)=O. The van der Waals surface area contributed by atoms with Crippen LogP contribution in [-0.2, 0) is 11.3 Å². The molecule has 0 saturated carbocycles. The second kappa shape index (κ2) is 6.70. The average molecular weight is 254 g/mol. The van der Waals surface area contributed by atoms with E-state index in [1.165, 1.54) is 14.2 Å². The molecule has 0 bridgehead atoms. The lowest BCUT2D eigenvalue weighted by molar-refractivity contribution is -0.118. The molecule has 18 heavy (non-hydrogen) atoms. The van der Waals surface area contributed by atoms with E-state index in [4.69, 9.17) is 25.7 Å². The van der Waals surface area contributed by atoms with Crippen LogP contribution in [0.3, 0.4) is 0 Å². The molecule has 6 heteroatoms. The molecule has 6 nitrogen and oxygen atoms in total. The summed E-state index contributed by atoms with van der Waals surface area (Å²) in [6.45, 7) is 0.540. The summed E-state index contributed by atoms with van der Waals surface area (Å²) in [6, 6.07) is 3.53. The van der Waals surface area contributed by atoms with Crippen molar-refractivity contribution in [3.8, 4) is 17.2 Å². The van der Waals surface area contributed by atoms with Crippen LogP contribution in [0.2, 0.25) is 0 Å². The van der Waals surface area contributed by atoms with E-state index >= 15 is 0 Å². The number of primary amides is 1. The summed E-state index contributed by atoms with van der Waals surface area (Å²) in [6.07, 6.45) is 0.130. The summed E-state index contributed by atoms with van der Waals surface area (Å²) in [4.78, 5) is 10.7. The van der Waals surface area contributed by atoms with E-state index in [1.807, 2.05) is 0 Å². The molecule has 0 aromatic heterocycles. The number of ether oxygens (including phenoxy) is 3. The molecule has 1 amide bonds. The highest BCUT2D eigenvalue weighted by atomic mass is 16.5. The molecule has 0 unspecified atom stereocenters. The van der Waals surface area contributed by atoms with Crippen molar-refractivity contribution >= 4 is 5.91 Å². The molecule has 0 aliphatic rings. The van der Waals surface area contributed by atoms with Crippen LogP contribution >= 0.6 is 0 Å².